The minimum absolute atomic E-state index is 1.06. The molecule has 0 aliphatic carbocycles. The van der Waals surface area contributed by atoms with Gasteiger partial charge >= 0.3 is 0 Å². The summed E-state index contributed by atoms with van der Waals surface area (Å²) in [5.41, 5.74) is 4.50. The van der Waals surface area contributed by atoms with Gasteiger partial charge in [0.2, 0.25) is 0 Å². The van der Waals surface area contributed by atoms with Crippen molar-refractivity contribution in [3.8, 4) is 11.1 Å². The van der Waals surface area contributed by atoms with Gasteiger partial charge in [0.1, 0.15) is 0 Å². The molecule has 0 aliphatic heterocycles. The maximum atomic E-state index is 3.86. The minimum atomic E-state index is 1.06. The Bertz CT molecular complexity index is 574. The van der Waals surface area contributed by atoms with Gasteiger partial charge in [0.05, 0.1) is 0 Å². The van der Waals surface area contributed by atoms with E-state index in [9.17, 15) is 0 Å². The lowest BCUT2D eigenvalue weighted by atomic mass is 9.94. The molecule has 0 aromatic heterocycles. The Labute approximate surface area is 109 Å². The van der Waals surface area contributed by atoms with Crippen molar-refractivity contribution in [3.05, 3.63) is 91.5 Å². The average Bonchev–Trinajstić information content (AvgIpc) is 2.46. The number of rotatable bonds is 4. The molecule has 2 aromatic carbocycles. The lowest BCUT2D eigenvalue weighted by molar-refractivity contribution is 1.58. The maximum Gasteiger partial charge on any atom is -0.00363 e. The van der Waals surface area contributed by atoms with Crippen LogP contribution in [-0.4, -0.2) is 0 Å². The molecule has 0 aliphatic rings. The van der Waals surface area contributed by atoms with Crippen molar-refractivity contribution in [2.24, 2.45) is 0 Å². The second-order valence-electron chi connectivity index (χ2n) is 3.83. The molecule has 0 nitrogen and oxygen atoms in total. The summed E-state index contributed by atoms with van der Waals surface area (Å²) in [5.74, 6) is 0. The monoisotopic (exact) mass is 230 g/mol. The summed E-state index contributed by atoms with van der Waals surface area (Å²) in [6, 6.07) is 20.0. The minimum Gasteiger partial charge on any atom is -0.0990 e. The summed E-state index contributed by atoms with van der Waals surface area (Å²) in [4.78, 5) is 0. The quantitative estimate of drug-likeness (QED) is 0.667. The molecule has 0 spiro atoms. The molecule has 0 saturated heterocycles. The summed E-state index contributed by atoms with van der Waals surface area (Å²) in [6.45, 7) is 7.60. The molecule has 86 valence electrons. The lowest BCUT2D eigenvalue weighted by Gasteiger charge is -2.09. The molecule has 0 N–H and O–H groups in total. The van der Waals surface area contributed by atoms with Gasteiger partial charge in [-0.25, -0.2) is 0 Å². The Morgan fingerprint density at radius 1 is 1.06 bits per heavy atom. The fourth-order valence-electron chi connectivity index (χ4n) is 1.90. The normalized spacial score (nSPS) is 10.6. The zero-order chi connectivity index (χ0) is 12.8. The number of hydrogen-bond donors (Lipinski definition) is 0. The van der Waals surface area contributed by atoms with Crippen LogP contribution in [0.2, 0.25) is 0 Å². The molecule has 0 heterocycles. The molecule has 2 rings (SSSR count). The summed E-state index contributed by atoms with van der Waals surface area (Å²) in [6.07, 6.45) is 5.59. The van der Waals surface area contributed by atoms with Crippen LogP contribution in [0.4, 0.5) is 0 Å². The van der Waals surface area contributed by atoms with E-state index in [1.165, 1.54) is 0 Å². The highest BCUT2D eigenvalue weighted by molar-refractivity contribution is 5.85. The number of hydrogen-bond acceptors (Lipinski definition) is 0. The van der Waals surface area contributed by atoms with E-state index in [1.54, 1.807) is 6.08 Å². The van der Waals surface area contributed by atoms with Crippen molar-refractivity contribution in [1.82, 2.24) is 0 Å². The highest BCUT2D eigenvalue weighted by atomic mass is 14.1. The van der Waals surface area contributed by atoms with E-state index in [2.05, 4.69) is 37.4 Å². The maximum absolute atomic E-state index is 3.86. The summed E-state index contributed by atoms with van der Waals surface area (Å²) >= 11 is 0. The SMILES string of the molecule is C=C/C=C(\C=C)c1ccccc1-c1cc#ccc1. The standard InChI is InChI=1S/C18H14/c1-3-10-15(4-2)17-13-8-9-14-18(17)16-11-6-5-7-12-16/h3-4,6,8-14H,1-2H2/b15-10+. The molecule has 2 aromatic rings. The fraction of sp³-hybridized carbons (Fsp3) is 0. The van der Waals surface area contributed by atoms with E-state index in [0.717, 1.165) is 22.3 Å². The molecule has 0 fully saturated rings. The predicted molar refractivity (Wildman–Crippen MR) is 77.9 cm³/mol. The zero-order valence-corrected chi connectivity index (χ0v) is 10.2. The van der Waals surface area contributed by atoms with Gasteiger partial charge in [-0.2, -0.15) is 0 Å². The molecule has 0 radical (unpaired) electrons. The first-order chi connectivity index (χ1) is 8.86. The van der Waals surface area contributed by atoms with Crippen LogP contribution in [0.1, 0.15) is 5.56 Å². The van der Waals surface area contributed by atoms with Crippen LogP contribution in [0.5, 0.6) is 0 Å². The van der Waals surface area contributed by atoms with Crippen molar-refractivity contribution >= 4 is 5.57 Å². The highest BCUT2D eigenvalue weighted by Crippen LogP contribution is 2.28. The molecule has 0 saturated carbocycles. The van der Waals surface area contributed by atoms with E-state index in [4.69, 9.17) is 0 Å². The van der Waals surface area contributed by atoms with Crippen molar-refractivity contribution in [3.63, 3.8) is 0 Å². The first-order valence-electron chi connectivity index (χ1n) is 5.79. The first kappa shape index (κ1) is 12.0. The Morgan fingerprint density at radius 2 is 1.89 bits per heavy atom. The molecular weight excluding hydrogens is 216 g/mol. The second-order valence-corrected chi connectivity index (χ2v) is 3.83. The van der Waals surface area contributed by atoms with Crippen LogP contribution in [0, 0.1) is 12.1 Å². The average molecular weight is 230 g/mol. The van der Waals surface area contributed by atoms with Crippen molar-refractivity contribution in [2.45, 2.75) is 0 Å². The molecule has 18 heavy (non-hydrogen) atoms. The molecule has 0 atom stereocenters. The van der Waals surface area contributed by atoms with Gasteiger partial charge < -0.3 is 0 Å². The number of benzene rings is 1. The Kier molecular flexibility index (Phi) is 3.79. The Hall–Kier alpha value is -2.52. The summed E-state index contributed by atoms with van der Waals surface area (Å²) < 4.78 is 0. The molecular formula is C18H14. The summed E-state index contributed by atoms with van der Waals surface area (Å²) in [5, 5.41) is 0. The van der Waals surface area contributed by atoms with Gasteiger partial charge in [0.15, 0.2) is 0 Å². The van der Waals surface area contributed by atoms with Crippen LogP contribution in [-0.2, 0) is 0 Å². The van der Waals surface area contributed by atoms with Crippen molar-refractivity contribution < 1.29 is 0 Å². The van der Waals surface area contributed by atoms with Crippen molar-refractivity contribution in [2.75, 3.05) is 0 Å². The van der Waals surface area contributed by atoms with Gasteiger partial charge in [0.25, 0.3) is 0 Å². The fourth-order valence-corrected chi connectivity index (χ4v) is 1.90. The van der Waals surface area contributed by atoms with Crippen LogP contribution in [0.25, 0.3) is 16.7 Å². The zero-order valence-electron chi connectivity index (χ0n) is 10.2. The molecule has 0 unspecified atom stereocenters. The van der Waals surface area contributed by atoms with Gasteiger partial charge in [-0.1, -0.05) is 67.8 Å². The van der Waals surface area contributed by atoms with Gasteiger partial charge in [-0.3, -0.25) is 0 Å². The highest BCUT2D eigenvalue weighted by Gasteiger charge is 2.05. The molecule has 0 bridgehead atoms. The van der Waals surface area contributed by atoms with Crippen molar-refractivity contribution in [1.29, 1.82) is 0 Å². The summed E-state index contributed by atoms with van der Waals surface area (Å²) in [7, 11) is 0. The van der Waals surface area contributed by atoms with E-state index in [1.807, 2.05) is 42.5 Å². The molecule has 0 amide bonds. The van der Waals surface area contributed by atoms with Crippen LogP contribution >= 0.6 is 0 Å². The molecule has 0 heteroatoms. The van der Waals surface area contributed by atoms with Gasteiger partial charge in [-0.05, 0) is 40.5 Å². The van der Waals surface area contributed by atoms with Crippen LogP contribution < -0.4 is 0 Å². The van der Waals surface area contributed by atoms with E-state index in [-0.39, 0.29) is 0 Å². The smallest absolute Gasteiger partial charge is 0.00363 e. The number of allylic oxidation sites excluding steroid dienone is 4. The third-order valence-electron chi connectivity index (χ3n) is 2.72. The Balaban J connectivity index is 2.60. The largest absolute Gasteiger partial charge is 0.0990 e. The first-order valence-corrected chi connectivity index (χ1v) is 5.79. The Morgan fingerprint density at radius 3 is 2.56 bits per heavy atom. The van der Waals surface area contributed by atoms with Crippen LogP contribution in [0.3, 0.4) is 0 Å². The third-order valence-corrected chi connectivity index (χ3v) is 2.72. The third kappa shape index (κ3) is 2.42. The topological polar surface area (TPSA) is 0 Å². The lowest BCUT2D eigenvalue weighted by Crippen LogP contribution is -1.86. The predicted octanol–water partition coefficient (Wildman–Crippen LogP) is 4.71. The van der Waals surface area contributed by atoms with Crippen LogP contribution in [0.15, 0.2) is 73.9 Å². The second kappa shape index (κ2) is 5.70. The van der Waals surface area contributed by atoms with E-state index < -0.39 is 0 Å². The van der Waals surface area contributed by atoms with Gasteiger partial charge in [0, 0.05) is 0 Å². The van der Waals surface area contributed by atoms with E-state index in [0.29, 0.717) is 0 Å². The van der Waals surface area contributed by atoms with Gasteiger partial charge in [-0.15, -0.1) is 0 Å². The van der Waals surface area contributed by atoms with E-state index >= 15 is 0 Å².